The lowest BCUT2D eigenvalue weighted by molar-refractivity contribution is 0.0705. The van der Waals surface area contributed by atoms with Gasteiger partial charge in [0.1, 0.15) is 19.0 Å². The first-order valence-electron chi connectivity index (χ1n) is 11.2. The molecule has 0 aliphatic carbocycles. The minimum absolute atomic E-state index is 0.0227. The van der Waals surface area contributed by atoms with Gasteiger partial charge < -0.3 is 14.4 Å². The first-order chi connectivity index (χ1) is 15.6. The van der Waals surface area contributed by atoms with Crippen LogP contribution in [-0.2, 0) is 0 Å². The van der Waals surface area contributed by atoms with Crippen molar-refractivity contribution in [1.82, 2.24) is 14.9 Å². The molecule has 2 aromatic carbocycles. The monoisotopic (exact) mass is 429 g/mol. The number of amides is 1. The van der Waals surface area contributed by atoms with Gasteiger partial charge in [-0.15, -0.1) is 0 Å². The maximum Gasteiger partial charge on any atom is 0.254 e. The average molecular weight is 430 g/mol. The number of nitrogens with zero attached hydrogens (tertiary/aromatic N) is 3. The molecule has 32 heavy (non-hydrogen) atoms. The van der Waals surface area contributed by atoms with E-state index in [-0.39, 0.29) is 11.8 Å². The molecule has 1 amide bonds. The molecule has 0 spiro atoms. The molecule has 1 atom stereocenters. The molecule has 1 fully saturated rings. The van der Waals surface area contributed by atoms with E-state index >= 15 is 0 Å². The summed E-state index contributed by atoms with van der Waals surface area (Å²) in [5, 5.41) is 0. The van der Waals surface area contributed by atoms with E-state index in [4.69, 9.17) is 14.5 Å². The molecule has 3 aromatic rings. The number of ether oxygens (including phenoxy) is 2. The van der Waals surface area contributed by atoms with Crippen molar-refractivity contribution in [1.29, 1.82) is 0 Å². The van der Waals surface area contributed by atoms with Crippen LogP contribution >= 0.6 is 0 Å². The van der Waals surface area contributed by atoms with Crippen LogP contribution in [0.1, 0.15) is 46.2 Å². The molecule has 2 aliphatic heterocycles. The number of hydrogen-bond acceptors (Lipinski definition) is 5. The predicted octanol–water partition coefficient (Wildman–Crippen LogP) is 4.55. The maximum atomic E-state index is 13.3. The minimum Gasteiger partial charge on any atom is -0.486 e. The zero-order valence-corrected chi connectivity index (χ0v) is 18.5. The molecule has 6 heteroatoms. The molecule has 2 aliphatic rings. The van der Waals surface area contributed by atoms with Gasteiger partial charge in [-0.05, 0) is 50.5 Å². The van der Waals surface area contributed by atoms with Gasteiger partial charge in [-0.2, -0.15) is 0 Å². The summed E-state index contributed by atoms with van der Waals surface area (Å²) in [4.78, 5) is 24.6. The van der Waals surface area contributed by atoms with Crippen LogP contribution in [0, 0.1) is 13.8 Å². The Morgan fingerprint density at radius 2 is 1.91 bits per heavy atom. The van der Waals surface area contributed by atoms with Crippen LogP contribution in [0.4, 0.5) is 0 Å². The molecule has 6 nitrogen and oxygen atoms in total. The predicted molar refractivity (Wildman–Crippen MR) is 122 cm³/mol. The second kappa shape index (κ2) is 8.61. The van der Waals surface area contributed by atoms with Gasteiger partial charge in [-0.1, -0.05) is 29.8 Å². The Labute approximate surface area is 188 Å². The second-order valence-corrected chi connectivity index (χ2v) is 8.53. The third-order valence-corrected chi connectivity index (χ3v) is 6.15. The quantitative estimate of drug-likeness (QED) is 0.611. The van der Waals surface area contributed by atoms with Crippen molar-refractivity contribution >= 4 is 5.91 Å². The molecule has 3 heterocycles. The summed E-state index contributed by atoms with van der Waals surface area (Å²) < 4.78 is 11.3. The highest BCUT2D eigenvalue weighted by Gasteiger charge is 2.29. The van der Waals surface area contributed by atoms with Gasteiger partial charge in [0.05, 0.1) is 5.69 Å². The number of aryl methyl sites for hydroxylation is 2. The van der Waals surface area contributed by atoms with E-state index in [0.717, 1.165) is 42.0 Å². The number of carbonyl (C=O) groups is 1. The third-order valence-electron chi connectivity index (χ3n) is 6.15. The van der Waals surface area contributed by atoms with Crippen LogP contribution in [0.15, 0.2) is 48.7 Å². The van der Waals surface area contributed by atoms with Crippen LogP contribution in [0.3, 0.4) is 0 Å². The van der Waals surface area contributed by atoms with Crippen molar-refractivity contribution in [2.75, 3.05) is 26.3 Å². The number of rotatable bonds is 3. The number of aromatic nitrogens is 2. The van der Waals surface area contributed by atoms with E-state index in [1.165, 1.54) is 5.56 Å². The number of piperidine rings is 1. The van der Waals surface area contributed by atoms with E-state index in [1.807, 2.05) is 30.2 Å². The lowest BCUT2D eigenvalue weighted by atomic mass is 9.89. The molecule has 0 bridgehead atoms. The van der Waals surface area contributed by atoms with Crippen molar-refractivity contribution in [2.24, 2.45) is 0 Å². The van der Waals surface area contributed by atoms with Gasteiger partial charge in [0.15, 0.2) is 11.5 Å². The normalized spacial score (nSPS) is 17.8. The van der Waals surface area contributed by atoms with E-state index in [2.05, 4.69) is 36.2 Å². The molecular formula is C26H27N3O3. The maximum absolute atomic E-state index is 13.3. The summed E-state index contributed by atoms with van der Waals surface area (Å²) in [6.45, 7) is 6.44. The van der Waals surface area contributed by atoms with Crippen molar-refractivity contribution in [3.8, 4) is 22.6 Å². The van der Waals surface area contributed by atoms with Crippen LogP contribution in [0.5, 0.6) is 11.5 Å². The summed E-state index contributed by atoms with van der Waals surface area (Å²) in [7, 11) is 0. The fourth-order valence-corrected chi connectivity index (χ4v) is 4.58. The summed E-state index contributed by atoms with van der Waals surface area (Å²) >= 11 is 0. The van der Waals surface area contributed by atoms with Gasteiger partial charge >= 0.3 is 0 Å². The Hall–Kier alpha value is -3.41. The van der Waals surface area contributed by atoms with Crippen LogP contribution in [0.2, 0.25) is 0 Å². The molecule has 0 N–H and O–H groups in total. The highest BCUT2D eigenvalue weighted by Crippen LogP contribution is 2.35. The van der Waals surface area contributed by atoms with E-state index in [9.17, 15) is 4.79 Å². The summed E-state index contributed by atoms with van der Waals surface area (Å²) in [6.07, 6.45) is 3.87. The van der Waals surface area contributed by atoms with Crippen molar-refractivity contribution in [2.45, 2.75) is 32.6 Å². The third kappa shape index (κ3) is 4.05. The highest BCUT2D eigenvalue weighted by atomic mass is 16.6. The molecule has 1 saturated heterocycles. The molecule has 5 rings (SSSR count). The number of likely N-dealkylation sites (tertiary alicyclic amines) is 1. The van der Waals surface area contributed by atoms with Crippen LogP contribution in [0.25, 0.3) is 11.1 Å². The second-order valence-electron chi connectivity index (χ2n) is 8.53. The molecule has 1 unspecified atom stereocenters. The van der Waals surface area contributed by atoms with Gasteiger partial charge in [0.2, 0.25) is 0 Å². The first kappa shape index (κ1) is 20.5. The Kier molecular flexibility index (Phi) is 5.52. The van der Waals surface area contributed by atoms with Gasteiger partial charge in [-0.3, -0.25) is 4.79 Å². The molecule has 164 valence electrons. The number of fused-ring (bicyclic) bond motifs is 1. The van der Waals surface area contributed by atoms with Crippen LogP contribution in [-0.4, -0.2) is 47.1 Å². The zero-order chi connectivity index (χ0) is 22.1. The van der Waals surface area contributed by atoms with E-state index < -0.39 is 0 Å². The Bertz CT molecular complexity index is 1160. The zero-order valence-electron chi connectivity index (χ0n) is 18.5. The molecule has 0 saturated carbocycles. The Morgan fingerprint density at radius 3 is 2.75 bits per heavy atom. The smallest absolute Gasteiger partial charge is 0.254 e. The summed E-state index contributed by atoms with van der Waals surface area (Å²) in [5.41, 5.74) is 5.04. The molecule has 1 aromatic heterocycles. The summed E-state index contributed by atoms with van der Waals surface area (Å²) in [5.74, 6) is 2.29. The fraction of sp³-hybridized carbons (Fsp3) is 0.346. The fourth-order valence-electron chi connectivity index (χ4n) is 4.58. The van der Waals surface area contributed by atoms with E-state index in [1.54, 1.807) is 6.07 Å². The largest absolute Gasteiger partial charge is 0.486 e. The Balaban J connectivity index is 1.42. The Morgan fingerprint density at radius 1 is 1.06 bits per heavy atom. The first-order valence-corrected chi connectivity index (χ1v) is 11.2. The van der Waals surface area contributed by atoms with Gasteiger partial charge in [0, 0.05) is 36.3 Å². The lowest BCUT2D eigenvalue weighted by Gasteiger charge is -2.33. The highest BCUT2D eigenvalue weighted by molar-refractivity contribution is 5.95. The van der Waals surface area contributed by atoms with Gasteiger partial charge in [0.25, 0.3) is 5.91 Å². The number of benzene rings is 2. The van der Waals surface area contributed by atoms with E-state index in [0.29, 0.717) is 36.8 Å². The standard InChI is InChI=1S/C26H27N3O3/c1-17-5-3-6-19(13-17)22-15-27-18(2)28-25(22)21-7-4-10-29(16-21)26(30)20-8-9-23-24(14-20)32-12-11-31-23/h3,5-6,8-9,13-15,21H,4,7,10-12,16H2,1-2H3. The average Bonchev–Trinajstić information content (AvgIpc) is 2.83. The number of carbonyl (C=O) groups excluding carboxylic acids is 1. The minimum atomic E-state index is 0.0227. The van der Waals surface area contributed by atoms with Crippen molar-refractivity contribution in [3.63, 3.8) is 0 Å². The topological polar surface area (TPSA) is 64.6 Å². The van der Waals surface area contributed by atoms with Gasteiger partial charge in [-0.25, -0.2) is 9.97 Å². The van der Waals surface area contributed by atoms with Crippen molar-refractivity contribution in [3.05, 3.63) is 71.3 Å². The molecule has 0 radical (unpaired) electrons. The SMILES string of the molecule is Cc1cccc(-c2cnc(C)nc2C2CCCN(C(=O)c3ccc4c(c3)OCCO4)C2)c1. The summed E-state index contributed by atoms with van der Waals surface area (Å²) in [6, 6.07) is 13.9. The number of hydrogen-bond donors (Lipinski definition) is 0. The molecular weight excluding hydrogens is 402 g/mol. The van der Waals surface area contributed by atoms with Crippen LogP contribution < -0.4 is 9.47 Å². The lowest BCUT2D eigenvalue weighted by Crippen LogP contribution is -2.39. The van der Waals surface area contributed by atoms with Crippen molar-refractivity contribution < 1.29 is 14.3 Å².